The molecule has 9 heteroatoms. The Balaban J connectivity index is 1.23. The Labute approximate surface area is 179 Å². The van der Waals surface area contributed by atoms with Crippen LogP contribution in [0.4, 0.5) is 19.3 Å². The molecule has 1 N–H and O–H groups in total. The molecule has 2 aromatic rings. The first kappa shape index (κ1) is 21.0. The molecule has 164 valence electrons. The zero-order valence-electron chi connectivity index (χ0n) is 17.0. The number of carbonyl (C=O) groups excluding carboxylic acids is 2. The number of halogens is 2. The summed E-state index contributed by atoms with van der Waals surface area (Å²) in [5, 5.41) is 2.99. The molecule has 0 atom stereocenters. The lowest BCUT2D eigenvalue weighted by atomic mass is 9.93. The maximum absolute atomic E-state index is 13.5. The van der Waals surface area contributed by atoms with Crippen molar-refractivity contribution in [3.63, 3.8) is 0 Å². The van der Waals surface area contributed by atoms with E-state index in [1.165, 1.54) is 15.9 Å². The highest BCUT2D eigenvalue weighted by atomic mass is 19.2. The second-order valence-electron chi connectivity index (χ2n) is 7.78. The minimum absolute atomic E-state index is 0.0380. The number of aromatic nitrogens is 1. The molecule has 1 saturated carbocycles. The Morgan fingerprint density at radius 2 is 1.90 bits per heavy atom. The van der Waals surface area contributed by atoms with E-state index in [4.69, 9.17) is 4.74 Å². The molecule has 7 nitrogen and oxygen atoms in total. The SMILES string of the molecule is O=C(CN1CCN(c2ccc(F)c(F)c2)C1=O)NC1CCC(Oc2ccccn2)CC1. The highest BCUT2D eigenvalue weighted by Crippen LogP contribution is 2.24. The quantitative estimate of drug-likeness (QED) is 0.764. The van der Waals surface area contributed by atoms with Gasteiger partial charge in [0.15, 0.2) is 11.6 Å². The Hall–Kier alpha value is -3.23. The number of hydrogen-bond donors (Lipinski definition) is 1. The van der Waals surface area contributed by atoms with Gasteiger partial charge in [0.25, 0.3) is 0 Å². The molecule has 2 aliphatic rings. The van der Waals surface area contributed by atoms with Gasteiger partial charge in [-0.1, -0.05) is 6.07 Å². The predicted molar refractivity (Wildman–Crippen MR) is 110 cm³/mol. The van der Waals surface area contributed by atoms with Crippen molar-refractivity contribution in [2.75, 3.05) is 24.5 Å². The van der Waals surface area contributed by atoms with E-state index >= 15 is 0 Å². The Morgan fingerprint density at radius 1 is 1.10 bits per heavy atom. The number of rotatable bonds is 6. The Morgan fingerprint density at radius 3 is 2.61 bits per heavy atom. The van der Waals surface area contributed by atoms with Crippen molar-refractivity contribution in [1.29, 1.82) is 0 Å². The molecule has 4 rings (SSSR count). The van der Waals surface area contributed by atoms with E-state index in [1.807, 2.05) is 18.2 Å². The van der Waals surface area contributed by atoms with Gasteiger partial charge in [-0.15, -0.1) is 0 Å². The third kappa shape index (κ3) is 5.10. The van der Waals surface area contributed by atoms with Crippen LogP contribution in [-0.4, -0.2) is 53.6 Å². The Kier molecular flexibility index (Phi) is 6.29. The van der Waals surface area contributed by atoms with Crippen LogP contribution < -0.4 is 15.0 Å². The standard InChI is InChI=1S/C22H24F2N4O3/c23-18-9-6-16(13-19(18)24)28-12-11-27(22(28)30)14-20(29)26-15-4-7-17(8-5-15)31-21-3-1-2-10-25-21/h1-3,6,9-10,13,15,17H,4-5,7-8,11-12,14H2,(H,26,29). The second kappa shape index (κ2) is 9.28. The van der Waals surface area contributed by atoms with Crippen LogP contribution in [0.1, 0.15) is 25.7 Å². The minimum Gasteiger partial charge on any atom is -0.474 e. The van der Waals surface area contributed by atoms with Crippen molar-refractivity contribution in [3.8, 4) is 5.88 Å². The molecule has 2 fully saturated rings. The van der Waals surface area contributed by atoms with Crippen molar-refractivity contribution in [2.45, 2.75) is 37.8 Å². The van der Waals surface area contributed by atoms with Crippen LogP contribution in [0.2, 0.25) is 0 Å². The average Bonchev–Trinajstić information content (AvgIpc) is 3.12. The number of nitrogens with zero attached hydrogens (tertiary/aromatic N) is 3. The maximum atomic E-state index is 13.5. The van der Waals surface area contributed by atoms with E-state index in [0.29, 0.717) is 19.0 Å². The van der Waals surface area contributed by atoms with Crippen LogP contribution in [0.3, 0.4) is 0 Å². The molecule has 0 spiro atoms. The largest absolute Gasteiger partial charge is 0.474 e. The van der Waals surface area contributed by atoms with Crippen LogP contribution in [0.25, 0.3) is 0 Å². The Bertz CT molecular complexity index is 936. The van der Waals surface area contributed by atoms with Crippen LogP contribution in [-0.2, 0) is 4.79 Å². The fraction of sp³-hybridized carbons (Fsp3) is 0.409. The van der Waals surface area contributed by atoms with Crippen LogP contribution in [0.5, 0.6) is 5.88 Å². The summed E-state index contributed by atoms with van der Waals surface area (Å²) in [7, 11) is 0. The molecule has 31 heavy (non-hydrogen) atoms. The third-order valence-corrected chi connectivity index (χ3v) is 5.61. The molecule has 1 aromatic heterocycles. The lowest BCUT2D eigenvalue weighted by Crippen LogP contribution is -2.45. The average molecular weight is 430 g/mol. The molecule has 1 aliphatic carbocycles. The monoisotopic (exact) mass is 430 g/mol. The zero-order valence-corrected chi connectivity index (χ0v) is 17.0. The number of nitrogens with one attached hydrogen (secondary N) is 1. The summed E-state index contributed by atoms with van der Waals surface area (Å²) in [5.41, 5.74) is 0.276. The van der Waals surface area contributed by atoms with Crippen molar-refractivity contribution >= 4 is 17.6 Å². The number of carbonyl (C=O) groups is 2. The third-order valence-electron chi connectivity index (χ3n) is 5.61. The molecule has 1 saturated heterocycles. The van der Waals surface area contributed by atoms with Gasteiger partial charge < -0.3 is 15.0 Å². The van der Waals surface area contributed by atoms with Gasteiger partial charge in [-0.05, 0) is 43.9 Å². The summed E-state index contributed by atoms with van der Waals surface area (Å²) in [5.74, 6) is -1.60. The number of ether oxygens (including phenoxy) is 1. The van der Waals surface area contributed by atoms with E-state index in [-0.39, 0.29) is 30.3 Å². The molecule has 1 aliphatic heterocycles. The summed E-state index contributed by atoms with van der Waals surface area (Å²) < 4.78 is 32.5. The first-order valence-corrected chi connectivity index (χ1v) is 10.4. The van der Waals surface area contributed by atoms with Crippen molar-refractivity contribution < 1.29 is 23.1 Å². The lowest BCUT2D eigenvalue weighted by Gasteiger charge is -2.29. The van der Waals surface area contributed by atoms with Crippen molar-refractivity contribution in [3.05, 3.63) is 54.2 Å². The van der Waals surface area contributed by atoms with Gasteiger partial charge in [0, 0.05) is 43.1 Å². The highest BCUT2D eigenvalue weighted by Gasteiger charge is 2.32. The molecule has 0 radical (unpaired) electrons. The summed E-state index contributed by atoms with van der Waals surface area (Å²) >= 11 is 0. The van der Waals surface area contributed by atoms with E-state index < -0.39 is 17.7 Å². The van der Waals surface area contributed by atoms with Crippen molar-refractivity contribution in [2.24, 2.45) is 0 Å². The van der Waals surface area contributed by atoms with Crippen LogP contribution >= 0.6 is 0 Å². The summed E-state index contributed by atoms with van der Waals surface area (Å²) in [4.78, 5) is 32.0. The van der Waals surface area contributed by atoms with Gasteiger partial charge in [-0.3, -0.25) is 9.69 Å². The van der Waals surface area contributed by atoms with Gasteiger partial charge in [0.1, 0.15) is 12.6 Å². The normalized spacial score (nSPS) is 21.3. The molecule has 1 aromatic carbocycles. The predicted octanol–water partition coefficient (Wildman–Crippen LogP) is 3.11. The van der Waals surface area contributed by atoms with Crippen molar-refractivity contribution in [1.82, 2.24) is 15.2 Å². The van der Waals surface area contributed by atoms with Gasteiger partial charge >= 0.3 is 6.03 Å². The van der Waals surface area contributed by atoms with Gasteiger partial charge in [0.05, 0.1) is 0 Å². The summed E-state index contributed by atoms with van der Waals surface area (Å²) in [6.45, 7) is 0.590. The number of anilines is 1. The molecule has 3 amide bonds. The van der Waals surface area contributed by atoms with Gasteiger partial charge in [-0.25, -0.2) is 18.6 Å². The van der Waals surface area contributed by atoms with Crippen LogP contribution in [0.15, 0.2) is 42.6 Å². The summed E-state index contributed by atoms with van der Waals surface area (Å²) in [6.07, 6.45) is 4.97. The summed E-state index contributed by atoms with van der Waals surface area (Å²) in [6, 6.07) is 8.51. The zero-order chi connectivity index (χ0) is 21.8. The maximum Gasteiger partial charge on any atom is 0.325 e. The number of pyridine rings is 1. The molecular weight excluding hydrogens is 406 g/mol. The molecule has 2 heterocycles. The number of benzene rings is 1. The lowest BCUT2D eigenvalue weighted by molar-refractivity contribution is -0.122. The smallest absolute Gasteiger partial charge is 0.325 e. The molecular formula is C22H24F2N4O3. The van der Waals surface area contributed by atoms with E-state index in [2.05, 4.69) is 10.3 Å². The van der Waals surface area contributed by atoms with Gasteiger partial charge in [0.2, 0.25) is 11.8 Å². The first-order chi connectivity index (χ1) is 15.0. The van der Waals surface area contributed by atoms with E-state index in [9.17, 15) is 18.4 Å². The highest BCUT2D eigenvalue weighted by molar-refractivity contribution is 5.96. The van der Waals surface area contributed by atoms with E-state index in [0.717, 1.165) is 37.8 Å². The van der Waals surface area contributed by atoms with Crippen LogP contribution in [0, 0.1) is 11.6 Å². The first-order valence-electron chi connectivity index (χ1n) is 10.4. The van der Waals surface area contributed by atoms with E-state index in [1.54, 1.807) is 6.20 Å². The fourth-order valence-corrected chi connectivity index (χ4v) is 3.98. The second-order valence-corrected chi connectivity index (χ2v) is 7.78. The molecule has 0 unspecified atom stereocenters. The topological polar surface area (TPSA) is 74.8 Å². The number of amides is 3. The van der Waals surface area contributed by atoms with Gasteiger partial charge in [-0.2, -0.15) is 0 Å². The molecule has 0 bridgehead atoms. The number of urea groups is 1. The number of hydrogen-bond acceptors (Lipinski definition) is 4. The minimum atomic E-state index is -1.01. The fourth-order valence-electron chi connectivity index (χ4n) is 3.98.